The smallest absolute Gasteiger partial charge is 0.309 e. The molecule has 4 aromatic rings. The molecule has 3 aliphatic rings. The van der Waals surface area contributed by atoms with E-state index in [9.17, 15) is 34.8 Å². The third kappa shape index (κ3) is 8.09. The van der Waals surface area contributed by atoms with Crippen LogP contribution in [-0.2, 0) is 19.2 Å². The number of pyridine rings is 2. The van der Waals surface area contributed by atoms with Crippen molar-refractivity contribution in [3.05, 3.63) is 58.8 Å². The summed E-state index contributed by atoms with van der Waals surface area (Å²) in [7, 11) is 0. The number of carbonyl (C=O) groups is 4. The summed E-state index contributed by atoms with van der Waals surface area (Å²) in [5.41, 5.74) is 0.446. The van der Waals surface area contributed by atoms with Crippen molar-refractivity contribution in [2.45, 2.75) is 65.2 Å². The monoisotopic (exact) mass is 726 g/mol. The summed E-state index contributed by atoms with van der Waals surface area (Å²) >= 11 is 2.23. The number of fused-ring (bicyclic) bond motifs is 3. The van der Waals surface area contributed by atoms with Crippen LogP contribution in [0.2, 0.25) is 0 Å². The number of thiazole rings is 2. The molecule has 2 bridgehead atoms. The first-order valence-electron chi connectivity index (χ1n) is 16.0. The molecule has 3 fully saturated rings. The molecule has 262 valence electrons. The summed E-state index contributed by atoms with van der Waals surface area (Å²) in [5, 5.41) is 43.2. The van der Waals surface area contributed by atoms with Crippen molar-refractivity contribution in [3.63, 3.8) is 0 Å². The largest absolute Gasteiger partial charge is 0.481 e. The van der Waals surface area contributed by atoms with E-state index in [1.165, 1.54) is 0 Å². The Bertz CT molecular complexity index is 2010. The Morgan fingerprint density at radius 1 is 0.804 bits per heavy atom. The van der Waals surface area contributed by atoms with E-state index in [2.05, 4.69) is 42.7 Å². The minimum Gasteiger partial charge on any atom is -0.481 e. The van der Waals surface area contributed by atoms with E-state index < -0.39 is 28.2 Å². The summed E-state index contributed by atoms with van der Waals surface area (Å²) in [6.07, 6.45) is 9.96. The number of amides is 2. The topological polar surface area (TPSA) is 232 Å². The molecular formula is C35H34N8O6S2. The molecule has 0 atom stereocenters. The highest BCUT2D eigenvalue weighted by Gasteiger charge is 2.55. The van der Waals surface area contributed by atoms with Crippen LogP contribution >= 0.6 is 22.7 Å². The summed E-state index contributed by atoms with van der Waals surface area (Å²) < 4.78 is 0. The lowest BCUT2D eigenvalue weighted by Crippen LogP contribution is -2.50. The second kappa shape index (κ2) is 15.1. The highest BCUT2D eigenvalue weighted by atomic mass is 32.1. The van der Waals surface area contributed by atoms with Crippen LogP contribution in [0.25, 0.3) is 22.5 Å². The summed E-state index contributed by atoms with van der Waals surface area (Å²) in [6, 6.07) is 11.3. The predicted molar refractivity (Wildman–Crippen MR) is 188 cm³/mol. The van der Waals surface area contributed by atoms with Crippen molar-refractivity contribution in [1.82, 2.24) is 19.9 Å². The van der Waals surface area contributed by atoms with Gasteiger partial charge in [0, 0.05) is 53.2 Å². The van der Waals surface area contributed by atoms with Gasteiger partial charge < -0.3 is 20.8 Å². The highest BCUT2D eigenvalue weighted by molar-refractivity contribution is 7.17. The molecule has 0 aromatic carbocycles. The van der Waals surface area contributed by atoms with Crippen molar-refractivity contribution in [2.24, 2.45) is 16.2 Å². The van der Waals surface area contributed by atoms with Gasteiger partial charge in [-0.05, 0) is 69.2 Å². The van der Waals surface area contributed by atoms with Crippen molar-refractivity contribution >= 4 is 56.7 Å². The molecule has 0 aliphatic heterocycles. The normalized spacial score (nSPS) is 19.1. The number of carbonyl (C=O) groups excluding carboxylic acids is 2. The zero-order chi connectivity index (χ0) is 36.8. The van der Waals surface area contributed by atoms with Crippen LogP contribution in [0.4, 0.5) is 10.3 Å². The third-order valence-electron chi connectivity index (χ3n) is 9.55. The van der Waals surface area contributed by atoms with Crippen LogP contribution in [-0.4, -0.2) is 53.9 Å². The van der Waals surface area contributed by atoms with Gasteiger partial charge in [-0.3, -0.25) is 29.1 Å². The first-order chi connectivity index (χ1) is 24.3. The molecule has 3 saturated carbocycles. The van der Waals surface area contributed by atoms with Gasteiger partial charge in [0.15, 0.2) is 10.3 Å². The summed E-state index contributed by atoms with van der Waals surface area (Å²) in [5.74, 6) is -2.13. The summed E-state index contributed by atoms with van der Waals surface area (Å²) in [6.45, 7) is 3.35. The molecule has 0 saturated heterocycles. The van der Waals surface area contributed by atoms with Crippen LogP contribution < -0.4 is 10.6 Å². The Hall–Kier alpha value is -5.58. The quantitative estimate of drug-likeness (QED) is 0.140. The molecular weight excluding hydrogens is 693 g/mol. The van der Waals surface area contributed by atoms with Crippen molar-refractivity contribution in [2.75, 3.05) is 10.6 Å². The number of hydrogen-bond acceptors (Lipinski definition) is 12. The van der Waals surface area contributed by atoms with Crippen LogP contribution in [0.1, 0.15) is 75.0 Å². The Labute approximate surface area is 301 Å². The van der Waals surface area contributed by atoms with Gasteiger partial charge in [-0.1, -0.05) is 36.5 Å². The second-order valence-corrected chi connectivity index (χ2v) is 15.1. The number of nitrogens with zero attached hydrogens (tertiary/aromatic N) is 6. The maximum Gasteiger partial charge on any atom is 0.309 e. The highest BCUT2D eigenvalue weighted by Crippen LogP contribution is 2.57. The Balaban J connectivity index is 0.000000199. The number of aromatic nitrogens is 4. The molecule has 7 rings (SSSR count). The van der Waals surface area contributed by atoms with Crippen LogP contribution in [0, 0.1) is 38.9 Å². The van der Waals surface area contributed by atoms with Gasteiger partial charge in [0.05, 0.1) is 5.41 Å². The number of hydrogen-bond donors (Lipinski definition) is 4. The average molecular weight is 727 g/mol. The molecule has 0 radical (unpaired) electrons. The molecule has 4 heterocycles. The summed E-state index contributed by atoms with van der Waals surface area (Å²) in [4.78, 5) is 65.1. The number of anilines is 2. The lowest BCUT2D eigenvalue weighted by atomic mass is 9.53. The van der Waals surface area contributed by atoms with Gasteiger partial charge in [0.2, 0.25) is 11.8 Å². The standard InChI is InChI=1S/C19H18N4O3S.C16H16N4O3S/c20-11-13-14(12-1-9-21-10-2-12)22-17(27-13)23-15(24)18-3-6-19(7-4-18,8-5-18)16(25)26;1-16(2,6-5-12(21)22)14(23)20-15-19-13(11(8-17)24-15)10-4-3-7-18-9-10/h1-2,9-10H,3-8H2,(H,25,26)(H,22,23,24);3-4,7,9H,5-6H2,1-2H3,(H,21,22)(H,19,20,23). The van der Waals surface area contributed by atoms with E-state index in [0.717, 1.165) is 28.2 Å². The molecule has 16 heteroatoms. The van der Waals surface area contributed by atoms with Crippen LogP contribution in [0.5, 0.6) is 0 Å². The maximum absolute atomic E-state index is 13.0. The van der Waals surface area contributed by atoms with E-state index >= 15 is 0 Å². The number of carboxylic acid groups (broad SMARTS) is 2. The van der Waals surface area contributed by atoms with Gasteiger partial charge in [-0.15, -0.1) is 0 Å². The number of nitrogens with one attached hydrogen (secondary N) is 2. The predicted octanol–water partition coefficient (Wildman–Crippen LogP) is 6.35. The van der Waals surface area contributed by atoms with Crippen LogP contribution in [0.15, 0.2) is 49.1 Å². The van der Waals surface area contributed by atoms with E-state index in [1.807, 2.05) is 0 Å². The number of nitriles is 2. The first kappa shape index (κ1) is 36.7. The SMILES string of the molecule is CC(C)(CCC(=O)O)C(=O)Nc1nc(-c2cccnc2)c(C#N)s1.N#Cc1sc(NC(=O)C23CCC(C(=O)O)(CC2)CC3)nc1-c1ccncc1. The van der Waals surface area contributed by atoms with Gasteiger partial charge in [0.1, 0.15) is 33.3 Å². The molecule has 0 unspecified atom stereocenters. The van der Waals surface area contributed by atoms with E-state index in [1.54, 1.807) is 62.9 Å². The number of rotatable bonds is 10. The van der Waals surface area contributed by atoms with Crippen LogP contribution in [0.3, 0.4) is 0 Å². The minimum absolute atomic E-state index is 0.0946. The molecule has 4 aromatic heterocycles. The maximum atomic E-state index is 13.0. The fourth-order valence-corrected chi connectivity index (χ4v) is 7.74. The lowest BCUT2D eigenvalue weighted by molar-refractivity contribution is -0.162. The molecule has 0 spiro atoms. The van der Waals surface area contributed by atoms with Crippen molar-refractivity contribution < 1.29 is 29.4 Å². The third-order valence-corrected chi connectivity index (χ3v) is 11.3. The van der Waals surface area contributed by atoms with E-state index in [-0.39, 0.29) is 24.7 Å². The molecule has 2 amide bonds. The van der Waals surface area contributed by atoms with E-state index in [0.29, 0.717) is 75.5 Å². The van der Waals surface area contributed by atoms with Gasteiger partial charge in [-0.25, -0.2) is 9.97 Å². The first-order valence-corrected chi connectivity index (χ1v) is 17.7. The average Bonchev–Trinajstić information content (AvgIpc) is 3.76. The van der Waals surface area contributed by atoms with Crippen molar-refractivity contribution in [1.29, 1.82) is 10.5 Å². The van der Waals surface area contributed by atoms with Gasteiger partial charge in [-0.2, -0.15) is 10.5 Å². The fourth-order valence-electron chi connectivity index (χ4n) is 6.18. The van der Waals surface area contributed by atoms with Gasteiger partial charge >= 0.3 is 11.9 Å². The minimum atomic E-state index is -0.948. The second-order valence-electron chi connectivity index (χ2n) is 13.1. The molecule has 51 heavy (non-hydrogen) atoms. The lowest BCUT2D eigenvalue weighted by Gasteiger charge is -2.50. The number of carboxylic acids is 2. The Kier molecular flexibility index (Phi) is 10.9. The molecule has 4 N–H and O–H groups in total. The van der Waals surface area contributed by atoms with Crippen molar-refractivity contribution in [3.8, 4) is 34.7 Å². The Morgan fingerprint density at radius 3 is 1.86 bits per heavy atom. The fraction of sp³-hybridized carbons (Fsp3) is 0.371. The molecule has 14 nitrogen and oxygen atoms in total. The zero-order valence-corrected chi connectivity index (χ0v) is 29.4. The Morgan fingerprint density at radius 2 is 1.35 bits per heavy atom. The zero-order valence-electron chi connectivity index (χ0n) is 27.8. The van der Waals surface area contributed by atoms with Gasteiger partial charge in [0.25, 0.3) is 0 Å². The molecule has 3 aliphatic carbocycles. The number of aliphatic carboxylic acids is 2. The van der Waals surface area contributed by atoms with E-state index in [4.69, 9.17) is 5.11 Å².